The molecule has 0 nitrogen and oxygen atoms in total. The first-order valence-electron chi connectivity index (χ1n) is 13.7. The van der Waals surface area contributed by atoms with Gasteiger partial charge in [0.15, 0.2) is 0 Å². The molecule has 0 radical (unpaired) electrons. The van der Waals surface area contributed by atoms with E-state index in [2.05, 4.69) is 109 Å². The van der Waals surface area contributed by atoms with Crippen molar-refractivity contribution in [1.29, 1.82) is 0 Å². The maximum absolute atomic E-state index is 2.54. The van der Waals surface area contributed by atoms with Crippen molar-refractivity contribution in [2.75, 3.05) is 0 Å². The van der Waals surface area contributed by atoms with Crippen LogP contribution in [0.1, 0.15) is 44.5 Å². The second-order valence-corrected chi connectivity index (χ2v) is 12.3. The molecular formula is C36H24. The Bertz CT molecular complexity index is 1570. The first-order chi connectivity index (χ1) is 17.9. The number of allylic oxidation sites excluding steroid dienone is 2. The lowest BCUT2D eigenvalue weighted by Gasteiger charge is -2.88. The third kappa shape index (κ3) is 1.37. The minimum Gasteiger partial charge on any atom is -0.0842 e. The summed E-state index contributed by atoms with van der Waals surface area (Å²) in [4.78, 5) is 0. The SMILES string of the molecule is C1=CC2C1C1C2C2C1C13c4ccccc4C(=C4c5ccccc5C21c1ccccc14)c1ccccc13. The fourth-order valence-corrected chi connectivity index (χ4v) is 11.2. The van der Waals surface area contributed by atoms with Crippen LogP contribution in [-0.2, 0) is 10.8 Å². The molecule has 0 heteroatoms. The Morgan fingerprint density at radius 3 is 1.00 bits per heavy atom. The van der Waals surface area contributed by atoms with Gasteiger partial charge in [0.25, 0.3) is 0 Å². The Morgan fingerprint density at radius 2 is 0.694 bits per heavy atom. The molecule has 168 valence electrons. The average molecular weight is 457 g/mol. The van der Waals surface area contributed by atoms with E-state index in [0.29, 0.717) is 11.8 Å². The van der Waals surface area contributed by atoms with Crippen molar-refractivity contribution in [1.82, 2.24) is 0 Å². The zero-order valence-electron chi connectivity index (χ0n) is 19.9. The minimum absolute atomic E-state index is 0.0118. The Hall–Kier alpha value is -3.64. The van der Waals surface area contributed by atoms with Gasteiger partial charge in [-0.15, -0.1) is 0 Å². The van der Waals surface area contributed by atoms with E-state index >= 15 is 0 Å². The Balaban J connectivity index is 1.45. The molecule has 10 aliphatic rings. The molecule has 0 N–H and O–H groups in total. The summed E-state index contributed by atoms with van der Waals surface area (Å²) < 4.78 is 0. The number of hydrogen-bond donors (Lipinski definition) is 0. The maximum atomic E-state index is 2.54. The van der Waals surface area contributed by atoms with Crippen LogP contribution in [0.3, 0.4) is 0 Å². The Kier molecular flexibility index (Phi) is 2.58. The number of fused-ring (bicyclic) bond motifs is 7. The average Bonchev–Trinajstić information content (AvgIpc) is 2.90. The highest BCUT2D eigenvalue weighted by molar-refractivity contribution is 6.12. The van der Waals surface area contributed by atoms with Crippen LogP contribution >= 0.6 is 0 Å². The summed E-state index contributed by atoms with van der Waals surface area (Å²) in [5, 5.41) is 0. The molecule has 3 saturated carbocycles. The fraction of sp³-hybridized carbons (Fsp3) is 0.222. The van der Waals surface area contributed by atoms with Crippen LogP contribution in [0, 0.1) is 35.5 Å². The fourth-order valence-electron chi connectivity index (χ4n) is 11.2. The summed E-state index contributed by atoms with van der Waals surface area (Å²) in [6, 6.07) is 38.1. The molecule has 0 aliphatic heterocycles. The van der Waals surface area contributed by atoms with E-state index in [1.807, 2.05) is 0 Å². The summed E-state index contributed by atoms with van der Waals surface area (Å²) >= 11 is 0. The molecular weight excluding hydrogens is 432 g/mol. The van der Waals surface area contributed by atoms with Gasteiger partial charge in [-0.3, -0.25) is 0 Å². The van der Waals surface area contributed by atoms with Gasteiger partial charge in [-0.05, 0) is 91.2 Å². The highest BCUT2D eigenvalue weighted by Gasteiger charge is 2.89. The second-order valence-electron chi connectivity index (χ2n) is 12.3. The highest BCUT2D eigenvalue weighted by atomic mass is 14.9. The molecule has 4 aromatic rings. The van der Waals surface area contributed by atoms with Crippen molar-refractivity contribution >= 4 is 11.1 Å². The van der Waals surface area contributed by atoms with Crippen LogP contribution in [0.4, 0.5) is 0 Å². The zero-order chi connectivity index (χ0) is 23.0. The van der Waals surface area contributed by atoms with Gasteiger partial charge in [-0.25, -0.2) is 0 Å². The normalized spacial score (nSPS) is 39.1. The van der Waals surface area contributed by atoms with E-state index in [1.165, 1.54) is 33.4 Å². The lowest BCUT2D eigenvalue weighted by atomic mass is 9.14. The van der Waals surface area contributed by atoms with Gasteiger partial charge in [0, 0.05) is 10.8 Å². The van der Waals surface area contributed by atoms with Crippen molar-refractivity contribution in [3.63, 3.8) is 0 Å². The predicted molar refractivity (Wildman–Crippen MR) is 142 cm³/mol. The van der Waals surface area contributed by atoms with Crippen LogP contribution in [0.15, 0.2) is 109 Å². The van der Waals surface area contributed by atoms with Crippen molar-refractivity contribution in [3.05, 3.63) is 154 Å². The monoisotopic (exact) mass is 456 g/mol. The molecule has 4 aromatic carbocycles. The largest absolute Gasteiger partial charge is 0.0842 e. The number of hydrogen-bond acceptors (Lipinski definition) is 0. The van der Waals surface area contributed by atoms with E-state index < -0.39 is 0 Å². The molecule has 0 heterocycles. The summed E-state index contributed by atoms with van der Waals surface area (Å²) in [5.41, 5.74) is 15.2. The Labute approximate surface area is 211 Å². The standard InChI is InChI=1S/C36H24/c1-5-13-25-21(9-1)29-22-10-2-6-14-26(22)35(25)33-31-19-17-18-20(19)32(31)34(33)36(35)27-15-7-3-11-23(27)30(29)24-12-4-8-16-28(24)36/h1-20,31-34H. The van der Waals surface area contributed by atoms with E-state index in [0.717, 1.165) is 23.7 Å². The zero-order valence-corrected chi connectivity index (χ0v) is 19.9. The van der Waals surface area contributed by atoms with Gasteiger partial charge in [0.1, 0.15) is 0 Å². The Morgan fingerprint density at radius 1 is 0.389 bits per heavy atom. The third-order valence-corrected chi connectivity index (χ3v) is 11.9. The molecule has 6 unspecified atom stereocenters. The maximum Gasteiger partial charge on any atom is 0.0389 e. The van der Waals surface area contributed by atoms with Crippen LogP contribution in [-0.4, -0.2) is 0 Å². The van der Waals surface area contributed by atoms with Gasteiger partial charge in [-0.1, -0.05) is 109 Å². The smallest absolute Gasteiger partial charge is 0.0389 e. The molecule has 6 atom stereocenters. The van der Waals surface area contributed by atoms with Gasteiger partial charge in [-0.2, -0.15) is 0 Å². The van der Waals surface area contributed by atoms with Gasteiger partial charge in [0.05, 0.1) is 0 Å². The van der Waals surface area contributed by atoms with Gasteiger partial charge in [0.2, 0.25) is 0 Å². The molecule has 0 amide bonds. The molecule has 3 fully saturated rings. The molecule has 36 heavy (non-hydrogen) atoms. The van der Waals surface area contributed by atoms with Crippen LogP contribution < -0.4 is 0 Å². The quantitative estimate of drug-likeness (QED) is 0.245. The van der Waals surface area contributed by atoms with E-state index in [4.69, 9.17) is 0 Å². The summed E-state index contributed by atoms with van der Waals surface area (Å²) in [7, 11) is 0. The van der Waals surface area contributed by atoms with E-state index in [9.17, 15) is 0 Å². The number of benzene rings is 4. The molecule has 2 spiro atoms. The van der Waals surface area contributed by atoms with Gasteiger partial charge < -0.3 is 0 Å². The van der Waals surface area contributed by atoms with Crippen molar-refractivity contribution in [2.24, 2.45) is 35.5 Å². The van der Waals surface area contributed by atoms with Crippen molar-refractivity contribution in [3.8, 4) is 0 Å². The lowest BCUT2D eigenvalue weighted by molar-refractivity contribution is -0.304. The van der Waals surface area contributed by atoms with Crippen LogP contribution in [0.25, 0.3) is 11.1 Å². The third-order valence-electron chi connectivity index (χ3n) is 11.9. The van der Waals surface area contributed by atoms with Crippen molar-refractivity contribution < 1.29 is 0 Å². The minimum atomic E-state index is -0.0118. The molecule has 14 rings (SSSR count). The molecule has 10 aliphatic carbocycles. The second kappa shape index (κ2) is 5.23. The van der Waals surface area contributed by atoms with Gasteiger partial charge >= 0.3 is 0 Å². The molecule has 0 aromatic heterocycles. The summed E-state index contributed by atoms with van der Waals surface area (Å²) in [6.07, 6.45) is 5.08. The highest BCUT2D eigenvalue weighted by Crippen LogP contribution is 2.90. The van der Waals surface area contributed by atoms with E-state index in [-0.39, 0.29) is 10.8 Å². The molecule has 0 saturated heterocycles. The number of rotatable bonds is 0. The van der Waals surface area contributed by atoms with Crippen molar-refractivity contribution in [2.45, 2.75) is 10.8 Å². The van der Waals surface area contributed by atoms with E-state index in [1.54, 1.807) is 22.3 Å². The first kappa shape index (κ1) is 17.7. The van der Waals surface area contributed by atoms with Crippen LogP contribution in [0.2, 0.25) is 0 Å². The predicted octanol–water partition coefficient (Wildman–Crippen LogP) is 7.21. The van der Waals surface area contributed by atoms with Crippen LogP contribution in [0.5, 0.6) is 0 Å². The first-order valence-corrected chi connectivity index (χ1v) is 13.7. The summed E-state index contributed by atoms with van der Waals surface area (Å²) in [6.45, 7) is 0. The lowest BCUT2D eigenvalue weighted by Crippen LogP contribution is -2.88. The topological polar surface area (TPSA) is 0 Å². The summed E-state index contributed by atoms with van der Waals surface area (Å²) in [5.74, 6) is 4.71. The molecule has 4 bridgehead atoms.